The van der Waals surface area contributed by atoms with Gasteiger partial charge in [-0.15, -0.1) is 0 Å². The summed E-state index contributed by atoms with van der Waals surface area (Å²) in [7, 11) is -3.99. The number of nitrogens with zero attached hydrogens (tertiary/aromatic N) is 1. The second-order valence-corrected chi connectivity index (χ2v) is 10.5. The molecule has 0 atom stereocenters. The van der Waals surface area contributed by atoms with Crippen molar-refractivity contribution in [2.45, 2.75) is 32.7 Å². The number of amides is 1. The van der Waals surface area contributed by atoms with Gasteiger partial charge in [-0.3, -0.25) is 9.78 Å². The first-order valence-electron chi connectivity index (χ1n) is 12.0. The summed E-state index contributed by atoms with van der Waals surface area (Å²) in [5.41, 5.74) is 6.54. The average Bonchev–Trinajstić information content (AvgIpc) is 3.26. The van der Waals surface area contributed by atoms with E-state index in [2.05, 4.69) is 44.0 Å². The number of nitrogens with one attached hydrogen (secondary N) is 3. The normalized spacial score (nSPS) is 13.5. The molecule has 8 heteroatoms. The third kappa shape index (κ3) is 4.82. The molecule has 0 saturated carbocycles. The number of fused-ring (bicyclic) bond motifs is 2. The van der Waals surface area contributed by atoms with Gasteiger partial charge >= 0.3 is 10.2 Å². The Hall–Kier alpha value is -3.75. The number of carbonyl (C=O) groups is 1. The lowest BCUT2D eigenvalue weighted by Gasteiger charge is -2.18. The van der Waals surface area contributed by atoms with Crippen LogP contribution in [0, 0.1) is 6.92 Å². The first kappa shape index (κ1) is 24.0. The highest BCUT2D eigenvalue weighted by atomic mass is 32.2. The van der Waals surface area contributed by atoms with E-state index in [1.807, 2.05) is 48.5 Å². The zero-order valence-corrected chi connectivity index (χ0v) is 21.0. The number of benzene rings is 3. The first-order chi connectivity index (χ1) is 17.3. The Bertz CT molecular complexity index is 1530. The van der Waals surface area contributed by atoms with Crippen molar-refractivity contribution in [1.29, 1.82) is 0 Å². The number of pyridine rings is 1. The summed E-state index contributed by atoms with van der Waals surface area (Å²) >= 11 is 0. The van der Waals surface area contributed by atoms with Crippen molar-refractivity contribution < 1.29 is 13.2 Å². The third-order valence-corrected chi connectivity index (χ3v) is 7.56. The van der Waals surface area contributed by atoms with Gasteiger partial charge in [-0.05, 0) is 54.7 Å². The Morgan fingerprint density at radius 3 is 2.31 bits per heavy atom. The SMILES string of the molecule is CCNS(=O)(=O)NC(=O)c1c(C)nc2ccc(NC3Cc4ccccc4C3)cc2c1-c1ccccc1. The van der Waals surface area contributed by atoms with Crippen LogP contribution >= 0.6 is 0 Å². The van der Waals surface area contributed by atoms with E-state index in [4.69, 9.17) is 0 Å². The van der Waals surface area contributed by atoms with Gasteiger partial charge in [0.2, 0.25) is 0 Å². The Balaban J connectivity index is 1.59. The number of aromatic nitrogens is 1. The van der Waals surface area contributed by atoms with Crippen molar-refractivity contribution in [2.75, 3.05) is 11.9 Å². The Morgan fingerprint density at radius 1 is 0.972 bits per heavy atom. The molecule has 3 aromatic carbocycles. The predicted molar refractivity (Wildman–Crippen MR) is 143 cm³/mol. The van der Waals surface area contributed by atoms with Crippen LogP contribution < -0.4 is 14.8 Å². The van der Waals surface area contributed by atoms with E-state index in [0.717, 1.165) is 35.0 Å². The highest BCUT2D eigenvalue weighted by Crippen LogP contribution is 2.35. The van der Waals surface area contributed by atoms with E-state index in [1.54, 1.807) is 13.8 Å². The molecule has 184 valence electrons. The van der Waals surface area contributed by atoms with E-state index in [0.29, 0.717) is 11.3 Å². The maximum Gasteiger partial charge on any atom is 0.301 e. The minimum Gasteiger partial charge on any atom is -0.382 e. The molecule has 1 heterocycles. The fraction of sp³-hybridized carbons (Fsp3) is 0.214. The second kappa shape index (κ2) is 9.72. The van der Waals surface area contributed by atoms with Gasteiger partial charge in [-0.1, -0.05) is 61.5 Å². The molecular weight excluding hydrogens is 472 g/mol. The number of aryl methyl sites for hydroxylation is 1. The summed E-state index contributed by atoms with van der Waals surface area (Å²) in [4.78, 5) is 18.0. The van der Waals surface area contributed by atoms with Gasteiger partial charge in [0, 0.05) is 29.2 Å². The number of carbonyl (C=O) groups excluding carboxylic acids is 1. The topological polar surface area (TPSA) is 100 Å². The second-order valence-electron chi connectivity index (χ2n) is 9.00. The maximum absolute atomic E-state index is 13.3. The molecule has 5 rings (SSSR count). The molecule has 1 aliphatic rings. The van der Waals surface area contributed by atoms with E-state index in [-0.39, 0.29) is 18.2 Å². The van der Waals surface area contributed by atoms with Crippen LogP contribution in [-0.2, 0) is 23.1 Å². The van der Waals surface area contributed by atoms with Crippen LogP contribution in [0.1, 0.15) is 34.1 Å². The smallest absolute Gasteiger partial charge is 0.301 e. The zero-order valence-electron chi connectivity index (χ0n) is 20.2. The van der Waals surface area contributed by atoms with Crippen molar-refractivity contribution in [3.05, 3.63) is 95.2 Å². The molecule has 7 nitrogen and oxygen atoms in total. The summed E-state index contributed by atoms with van der Waals surface area (Å²) in [5.74, 6) is -0.716. The molecule has 1 aromatic heterocycles. The molecule has 0 fully saturated rings. The van der Waals surface area contributed by atoms with Crippen molar-refractivity contribution >= 4 is 32.7 Å². The van der Waals surface area contributed by atoms with Crippen molar-refractivity contribution in [2.24, 2.45) is 0 Å². The summed E-state index contributed by atoms with van der Waals surface area (Å²) in [6.45, 7) is 3.55. The Labute approximate surface area is 211 Å². The van der Waals surface area contributed by atoms with Crippen molar-refractivity contribution in [3.8, 4) is 11.1 Å². The standard InChI is InChI=1S/C28H28N4O3S/c1-3-29-36(34,35)32-28(33)26-18(2)30-25-14-13-22(17-24(25)27(26)19-9-5-4-6-10-19)31-23-15-20-11-7-8-12-21(20)16-23/h4-14,17,23,29,31H,3,15-16H2,1-2H3,(H,32,33). The highest BCUT2D eigenvalue weighted by molar-refractivity contribution is 7.88. The van der Waals surface area contributed by atoms with Crippen molar-refractivity contribution in [3.63, 3.8) is 0 Å². The monoisotopic (exact) mass is 500 g/mol. The van der Waals surface area contributed by atoms with Crippen LogP contribution in [0.15, 0.2) is 72.8 Å². The highest BCUT2D eigenvalue weighted by Gasteiger charge is 2.25. The zero-order chi connectivity index (χ0) is 25.3. The lowest BCUT2D eigenvalue weighted by atomic mass is 9.93. The fourth-order valence-corrected chi connectivity index (χ4v) is 5.75. The van der Waals surface area contributed by atoms with Gasteiger partial charge in [0.05, 0.1) is 16.8 Å². The summed E-state index contributed by atoms with van der Waals surface area (Å²) in [6, 6.07) is 24.2. The summed E-state index contributed by atoms with van der Waals surface area (Å²) in [5, 5.41) is 4.42. The molecule has 1 amide bonds. The number of anilines is 1. The number of hydrogen-bond donors (Lipinski definition) is 3. The predicted octanol–water partition coefficient (Wildman–Crippen LogP) is 4.37. The van der Waals surface area contributed by atoms with Gasteiger partial charge in [-0.25, -0.2) is 4.72 Å². The molecule has 0 radical (unpaired) electrons. The lowest BCUT2D eigenvalue weighted by Crippen LogP contribution is -2.40. The van der Waals surface area contributed by atoms with Crippen LogP contribution in [0.2, 0.25) is 0 Å². The molecule has 0 bridgehead atoms. The number of hydrogen-bond acceptors (Lipinski definition) is 5. The number of rotatable bonds is 7. The summed E-state index contributed by atoms with van der Waals surface area (Å²) < 4.78 is 29.1. The quantitative estimate of drug-likeness (QED) is 0.350. The molecule has 0 spiro atoms. The van der Waals surface area contributed by atoms with Crippen LogP contribution in [0.25, 0.3) is 22.0 Å². The molecule has 3 N–H and O–H groups in total. The van der Waals surface area contributed by atoms with Gasteiger partial charge in [0.1, 0.15) is 0 Å². The molecule has 0 unspecified atom stereocenters. The van der Waals surface area contributed by atoms with E-state index >= 15 is 0 Å². The van der Waals surface area contributed by atoms with Crippen molar-refractivity contribution in [1.82, 2.24) is 14.4 Å². The minimum absolute atomic E-state index is 0.170. The van der Waals surface area contributed by atoms with Crippen LogP contribution in [0.5, 0.6) is 0 Å². The lowest BCUT2D eigenvalue weighted by molar-refractivity contribution is 0.0981. The van der Waals surface area contributed by atoms with Gasteiger partial charge in [0.15, 0.2) is 0 Å². The van der Waals surface area contributed by atoms with E-state index < -0.39 is 16.1 Å². The minimum atomic E-state index is -3.99. The van der Waals surface area contributed by atoms with Crippen LogP contribution in [0.3, 0.4) is 0 Å². The average molecular weight is 501 g/mol. The molecule has 4 aromatic rings. The van der Waals surface area contributed by atoms with Gasteiger partial charge in [0.25, 0.3) is 5.91 Å². The molecule has 36 heavy (non-hydrogen) atoms. The third-order valence-electron chi connectivity index (χ3n) is 6.44. The molecular formula is C28H28N4O3S. The Kier molecular flexibility index (Phi) is 6.47. The first-order valence-corrected chi connectivity index (χ1v) is 13.5. The Morgan fingerprint density at radius 2 is 1.64 bits per heavy atom. The largest absolute Gasteiger partial charge is 0.382 e. The maximum atomic E-state index is 13.3. The van der Waals surface area contributed by atoms with E-state index in [9.17, 15) is 13.2 Å². The van der Waals surface area contributed by atoms with Gasteiger partial charge in [-0.2, -0.15) is 13.1 Å². The molecule has 0 aliphatic heterocycles. The van der Waals surface area contributed by atoms with E-state index in [1.165, 1.54) is 11.1 Å². The van der Waals surface area contributed by atoms with Crippen LogP contribution in [0.4, 0.5) is 5.69 Å². The molecule has 1 aliphatic carbocycles. The van der Waals surface area contributed by atoms with Crippen LogP contribution in [-0.4, -0.2) is 31.9 Å². The fourth-order valence-electron chi connectivity index (χ4n) is 4.95. The summed E-state index contributed by atoms with van der Waals surface area (Å²) in [6.07, 6.45) is 1.89. The molecule has 0 saturated heterocycles. The van der Waals surface area contributed by atoms with Gasteiger partial charge < -0.3 is 5.32 Å².